The van der Waals surface area contributed by atoms with Gasteiger partial charge < -0.3 is 22.1 Å². The zero-order valence-electron chi connectivity index (χ0n) is 19.3. The molecule has 0 spiro atoms. The number of nitrogens with two attached hydrogens (primary N) is 2. The van der Waals surface area contributed by atoms with Crippen LogP contribution >= 0.6 is 0 Å². The molecular weight excluding hydrogens is 344 g/mol. The third-order valence-electron chi connectivity index (χ3n) is 6.55. The Bertz CT molecular complexity index is 650. The van der Waals surface area contributed by atoms with Gasteiger partial charge in [-0.3, -0.25) is 0 Å². The summed E-state index contributed by atoms with van der Waals surface area (Å²) < 4.78 is 0. The molecule has 1 aromatic rings. The third kappa shape index (κ3) is 4.49. The molecule has 0 unspecified atom stereocenters. The van der Waals surface area contributed by atoms with Crippen molar-refractivity contribution in [1.82, 2.24) is 10.6 Å². The highest BCUT2D eigenvalue weighted by Gasteiger charge is 2.43. The van der Waals surface area contributed by atoms with Crippen molar-refractivity contribution in [3.63, 3.8) is 0 Å². The van der Waals surface area contributed by atoms with Crippen LogP contribution < -0.4 is 22.1 Å². The lowest BCUT2D eigenvalue weighted by atomic mass is 9.67. The van der Waals surface area contributed by atoms with Crippen LogP contribution in [-0.2, 0) is 0 Å². The van der Waals surface area contributed by atoms with Crippen molar-refractivity contribution < 1.29 is 0 Å². The molecule has 4 heteroatoms. The van der Waals surface area contributed by atoms with Crippen LogP contribution in [0.3, 0.4) is 0 Å². The van der Waals surface area contributed by atoms with Crippen molar-refractivity contribution in [2.45, 2.75) is 115 Å². The molecule has 4 nitrogen and oxygen atoms in total. The van der Waals surface area contributed by atoms with Crippen LogP contribution in [0, 0.1) is 0 Å². The van der Waals surface area contributed by atoms with Gasteiger partial charge in [0.2, 0.25) is 0 Å². The Morgan fingerprint density at radius 1 is 0.607 bits per heavy atom. The summed E-state index contributed by atoms with van der Waals surface area (Å²) >= 11 is 0. The van der Waals surface area contributed by atoms with Crippen molar-refractivity contribution in [3.05, 3.63) is 23.3 Å². The van der Waals surface area contributed by atoms with Crippen LogP contribution in [0.2, 0.25) is 0 Å². The lowest BCUT2D eigenvalue weighted by Crippen LogP contribution is -2.58. The molecule has 0 saturated carbocycles. The smallest absolute Gasteiger partial charge is 0.0353 e. The third-order valence-corrected chi connectivity index (χ3v) is 6.55. The summed E-state index contributed by atoms with van der Waals surface area (Å²) in [6.45, 7) is 18.4. The molecule has 0 amide bonds. The fourth-order valence-electron chi connectivity index (χ4n) is 6.63. The summed E-state index contributed by atoms with van der Waals surface area (Å²) in [5.41, 5.74) is 18.1. The molecule has 2 aliphatic rings. The molecule has 6 N–H and O–H groups in total. The minimum absolute atomic E-state index is 0.0768. The molecule has 158 valence electrons. The maximum Gasteiger partial charge on any atom is 0.0353 e. The molecular formula is C24H42N4. The van der Waals surface area contributed by atoms with Crippen LogP contribution in [0.5, 0.6) is 0 Å². The highest BCUT2D eigenvalue weighted by molar-refractivity contribution is 5.65. The van der Waals surface area contributed by atoms with Crippen LogP contribution in [0.1, 0.15) is 104 Å². The molecule has 0 aliphatic carbocycles. The van der Waals surface area contributed by atoms with Crippen LogP contribution in [0.25, 0.3) is 0 Å². The van der Waals surface area contributed by atoms with E-state index in [4.69, 9.17) is 11.5 Å². The van der Waals surface area contributed by atoms with Crippen LogP contribution in [0.4, 0.5) is 11.4 Å². The summed E-state index contributed by atoms with van der Waals surface area (Å²) in [5.74, 6) is 0.844. The number of benzene rings is 1. The largest absolute Gasteiger partial charge is 0.398 e. The molecule has 2 aliphatic heterocycles. The zero-order chi connectivity index (χ0) is 21.1. The number of nitrogens with one attached hydrogen (secondary N) is 2. The van der Waals surface area contributed by atoms with Gasteiger partial charge in [-0.05, 0) is 116 Å². The highest BCUT2D eigenvalue weighted by Crippen LogP contribution is 2.49. The van der Waals surface area contributed by atoms with Gasteiger partial charge in [-0.2, -0.15) is 0 Å². The predicted octanol–water partition coefficient (Wildman–Crippen LogP) is 4.90. The summed E-state index contributed by atoms with van der Waals surface area (Å²) in [6, 6.07) is 4.04. The van der Waals surface area contributed by atoms with Crippen LogP contribution in [0.15, 0.2) is 12.1 Å². The van der Waals surface area contributed by atoms with Gasteiger partial charge in [-0.15, -0.1) is 0 Å². The van der Waals surface area contributed by atoms with Crippen molar-refractivity contribution in [2.75, 3.05) is 11.5 Å². The van der Waals surface area contributed by atoms with E-state index in [0.29, 0.717) is 11.8 Å². The molecule has 2 saturated heterocycles. The van der Waals surface area contributed by atoms with E-state index in [9.17, 15) is 0 Å². The predicted molar refractivity (Wildman–Crippen MR) is 122 cm³/mol. The second-order valence-corrected chi connectivity index (χ2v) is 12.1. The van der Waals surface area contributed by atoms with Gasteiger partial charge in [-0.25, -0.2) is 0 Å². The number of hydrogen-bond donors (Lipinski definition) is 4. The standard InChI is InChI=1S/C24H42N4/c1-21(2)11-15(12-22(3,4)27-21)19-17(25)9-10-18(26)20(19)16-13-23(5,6)28-24(7,8)14-16/h9-10,15-16,27-28H,11-14,25-26H2,1-8H3. The Morgan fingerprint density at radius 2 is 0.857 bits per heavy atom. The lowest BCUT2D eigenvalue weighted by molar-refractivity contribution is 0.153. The molecule has 2 fully saturated rings. The monoisotopic (exact) mass is 386 g/mol. The molecule has 0 radical (unpaired) electrons. The molecule has 3 rings (SSSR count). The second kappa shape index (κ2) is 6.63. The second-order valence-electron chi connectivity index (χ2n) is 12.1. The minimum Gasteiger partial charge on any atom is -0.398 e. The Kier molecular flexibility index (Phi) is 5.08. The number of nitrogen functional groups attached to an aromatic ring is 2. The average Bonchev–Trinajstić information content (AvgIpc) is 2.42. The van der Waals surface area contributed by atoms with Gasteiger partial charge in [0, 0.05) is 33.5 Å². The fraction of sp³-hybridized carbons (Fsp3) is 0.750. The summed E-state index contributed by atoms with van der Waals surface area (Å²) in [6.07, 6.45) is 4.31. The Hall–Kier alpha value is -1.26. The van der Waals surface area contributed by atoms with Gasteiger partial charge in [0.25, 0.3) is 0 Å². The molecule has 0 aromatic heterocycles. The Morgan fingerprint density at radius 3 is 1.11 bits per heavy atom. The van der Waals surface area contributed by atoms with E-state index in [0.717, 1.165) is 37.1 Å². The normalized spacial score (nSPS) is 26.9. The first kappa shape index (κ1) is 21.4. The highest BCUT2D eigenvalue weighted by atomic mass is 15.1. The summed E-state index contributed by atoms with van der Waals surface area (Å²) in [5, 5.41) is 7.62. The molecule has 2 heterocycles. The number of hydrogen-bond acceptors (Lipinski definition) is 4. The van der Waals surface area contributed by atoms with E-state index in [1.165, 1.54) is 11.1 Å². The Labute approximate surface area is 172 Å². The van der Waals surface area contributed by atoms with Crippen molar-refractivity contribution in [2.24, 2.45) is 0 Å². The Balaban J connectivity index is 2.10. The first-order chi connectivity index (χ1) is 12.6. The van der Waals surface area contributed by atoms with E-state index in [2.05, 4.69) is 66.0 Å². The van der Waals surface area contributed by atoms with E-state index in [1.807, 2.05) is 12.1 Å². The van der Waals surface area contributed by atoms with E-state index in [1.54, 1.807) is 0 Å². The summed E-state index contributed by atoms with van der Waals surface area (Å²) in [7, 11) is 0. The molecule has 1 aromatic carbocycles. The van der Waals surface area contributed by atoms with Gasteiger partial charge in [0.05, 0.1) is 0 Å². The van der Waals surface area contributed by atoms with Crippen molar-refractivity contribution in [3.8, 4) is 0 Å². The van der Waals surface area contributed by atoms with E-state index < -0.39 is 0 Å². The number of piperidine rings is 2. The van der Waals surface area contributed by atoms with Crippen molar-refractivity contribution in [1.29, 1.82) is 0 Å². The summed E-state index contributed by atoms with van der Waals surface area (Å²) in [4.78, 5) is 0. The maximum absolute atomic E-state index is 6.65. The molecule has 0 bridgehead atoms. The number of anilines is 2. The fourth-order valence-corrected chi connectivity index (χ4v) is 6.63. The molecule has 0 atom stereocenters. The van der Waals surface area contributed by atoms with Gasteiger partial charge in [-0.1, -0.05) is 0 Å². The SMILES string of the molecule is CC1(C)CC(c2c(N)ccc(N)c2C2CC(C)(C)NC(C)(C)C2)CC(C)(C)N1. The number of rotatable bonds is 2. The quantitative estimate of drug-likeness (QED) is 0.545. The average molecular weight is 387 g/mol. The van der Waals surface area contributed by atoms with Crippen LogP contribution in [-0.4, -0.2) is 22.2 Å². The topological polar surface area (TPSA) is 76.1 Å². The first-order valence-corrected chi connectivity index (χ1v) is 10.9. The lowest BCUT2D eigenvalue weighted by Gasteiger charge is -2.49. The minimum atomic E-state index is 0.0768. The maximum atomic E-state index is 6.65. The van der Waals surface area contributed by atoms with E-state index in [-0.39, 0.29) is 22.2 Å². The first-order valence-electron chi connectivity index (χ1n) is 10.9. The van der Waals surface area contributed by atoms with Gasteiger partial charge in [0.15, 0.2) is 0 Å². The van der Waals surface area contributed by atoms with Crippen molar-refractivity contribution >= 4 is 11.4 Å². The van der Waals surface area contributed by atoms with Gasteiger partial charge in [0.1, 0.15) is 0 Å². The van der Waals surface area contributed by atoms with Gasteiger partial charge >= 0.3 is 0 Å². The zero-order valence-corrected chi connectivity index (χ0v) is 19.3. The molecule has 28 heavy (non-hydrogen) atoms. The van der Waals surface area contributed by atoms with E-state index >= 15 is 0 Å².